The molecule has 2 amide bonds. The lowest BCUT2D eigenvalue weighted by Gasteiger charge is -2.14. The lowest BCUT2D eigenvalue weighted by atomic mass is 10.1. The highest BCUT2D eigenvalue weighted by Crippen LogP contribution is 2.37. The van der Waals surface area contributed by atoms with E-state index in [9.17, 15) is 20.0 Å². The molecule has 9 heteroatoms. The molecule has 35 heavy (non-hydrogen) atoms. The van der Waals surface area contributed by atoms with Crippen molar-refractivity contribution < 1.29 is 24.2 Å². The van der Waals surface area contributed by atoms with Crippen LogP contribution in [0.25, 0.3) is 6.08 Å². The van der Waals surface area contributed by atoms with Crippen LogP contribution >= 0.6 is 15.9 Å². The first kappa shape index (κ1) is 25.3. The van der Waals surface area contributed by atoms with Gasteiger partial charge in [0.15, 0.2) is 18.1 Å². The first-order valence-corrected chi connectivity index (χ1v) is 11.2. The van der Waals surface area contributed by atoms with Crippen LogP contribution in [0.15, 0.2) is 70.7 Å². The van der Waals surface area contributed by atoms with Crippen molar-refractivity contribution in [2.45, 2.75) is 6.92 Å². The van der Waals surface area contributed by atoms with E-state index in [0.29, 0.717) is 32.9 Å². The standard InChI is InChI=1S/C26H22BrN3O5/c1-16-4-3-5-20(10-16)29-24(32)15-35-25-22(27)12-17(13-23(25)34-2)11-18(14-28)26(33)30-19-6-8-21(31)9-7-19/h3-13,31H,15H2,1-2H3,(H,29,32)(H,30,33)/b18-11+. The zero-order chi connectivity index (χ0) is 25.4. The Hall–Kier alpha value is -4.29. The van der Waals surface area contributed by atoms with E-state index in [2.05, 4.69) is 26.6 Å². The van der Waals surface area contributed by atoms with Gasteiger partial charge in [0.25, 0.3) is 11.8 Å². The summed E-state index contributed by atoms with van der Waals surface area (Å²) in [5, 5.41) is 24.2. The highest BCUT2D eigenvalue weighted by atomic mass is 79.9. The Labute approximate surface area is 210 Å². The van der Waals surface area contributed by atoms with Gasteiger partial charge >= 0.3 is 0 Å². The summed E-state index contributed by atoms with van der Waals surface area (Å²) in [4.78, 5) is 24.8. The van der Waals surface area contributed by atoms with E-state index in [1.54, 1.807) is 18.2 Å². The molecule has 0 aromatic heterocycles. The number of carbonyl (C=O) groups is 2. The van der Waals surface area contributed by atoms with Gasteiger partial charge in [-0.2, -0.15) is 5.26 Å². The molecule has 0 fully saturated rings. The maximum Gasteiger partial charge on any atom is 0.266 e. The second kappa shape index (κ2) is 11.7. The molecule has 3 rings (SSSR count). The van der Waals surface area contributed by atoms with Gasteiger partial charge in [0, 0.05) is 11.4 Å². The summed E-state index contributed by atoms with van der Waals surface area (Å²) in [6, 6.07) is 18.4. The number of anilines is 2. The number of ether oxygens (including phenoxy) is 2. The van der Waals surface area contributed by atoms with Crippen LogP contribution in [0.1, 0.15) is 11.1 Å². The minimum atomic E-state index is -0.610. The predicted molar refractivity (Wildman–Crippen MR) is 136 cm³/mol. The number of hydrogen-bond donors (Lipinski definition) is 3. The van der Waals surface area contributed by atoms with Crippen LogP contribution < -0.4 is 20.1 Å². The summed E-state index contributed by atoms with van der Waals surface area (Å²) < 4.78 is 11.5. The quantitative estimate of drug-likeness (QED) is 0.211. The van der Waals surface area contributed by atoms with Gasteiger partial charge in [-0.15, -0.1) is 0 Å². The molecule has 3 N–H and O–H groups in total. The molecule has 0 aliphatic carbocycles. The van der Waals surface area contributed by atoms with Gasteiger partial charge in [0.1, 0.15) is 17.4 Å². The number of phenolic OH excluding ortho intramolecular Hbond substituents is 1. The van der Waals surface area contributed by atoms with E-state index < -0.39 is 5.91 Å². The van der Waals surface area contributed by atoms with Crippen molar-refractivity contribution in [3.63, 3.8) is 0 Å². The smallest absolute Gasteiger partial charge is 0.266 e. The molecule has 0 saturated carbocycles. The van der Waals surface area contributed by atoms with E-state index >= 15 is 0 Å². The average Bonchev–Trinajstić information content (AvgIpc) is 2.82. The normalized spacial score (nSPS) is 10.7. The summed E-state index contributed by atoms with van der Waals surface area (Å²) in [5.74, 6) is -0.278. The number of nitriles is 1. The third kappa shape index (κ3) is 7.09. The Morgan fingerprint density at radius 3 is 2.49 bits per heavy atom. The second-order valence-electron chi connectivity index (χ2n) is 7.41. The number of rotatable bonds is 8. The molecule has 3 aromatic carbocycles. The number of hydrogen-bond acceptors (Lipinski definition) is 6. The number of amides is 2. The summed E-state index contributed by atoms with van der Waals surface area (Å²) >= 11 is 3.40. The van der Waals surface area contributed by atoms with E-state index in [4.69, 9.17) is 9.47 Å². The molecule has 0 spiro atoms. The largest absolute Gasteiger partial charge is 0.508 e. The van der Waals surface area contributed by atoms with Crippen LogP contribution in [0.3, 0.4) is 0 Å². The Morgan fingerprint density at radius 1 is 1.09 bits per heavy atom. The zero-order valence-electron chi connectivity index (χ0n) is 19.0. The van der Waals surface area contributed by atoms with Crippen LogP contribution in [0.5, 0.6) is 17.2 Å². The van der Waals surface area contributed by atoms with Crippen LogP contribution in [0.2, 0.25) is 0 Å². The number of benzene rings is 3. The second-order valence-corrected chi connectivity index (χ2v) is 8.27. The number of carbonyl (C=O) groups excluding carboxylic acids is 2. The summed E-state index contributed by atoms with van der Waals surface area (Å²) in [6.07, 6.45) is 1.40. The highest BCUT2D eigenvalue weighted by Gasteiger charge is 2.15. The van der Waals surface area contributed by atoms with E-state index in [0.717, 1.165) is 5.56 Å². The Kier molecular flexibility index (Phi) is 8.48. The average molecular weight is 536 g/mol. The fraction of sp³-hybridized carbons (Fsp3) is 0.115. The minimum absolute atomic E-state index is 0.0611. The number of nitrogens with one attached hydrogen (secondary N) is 2. The summed E-state index contributed by atoms with van der Waals surface area (Å²) in [6.45, 7) is 1.68. The van der Waals surface area contributed by atoms with Gasteiger partial charge in [-0.05, 0) is 88.6 Å². The van der Waals surface area contributed by atoms with Gasteiger partial charge in [-0.3, -0.25) is 9.59 Å². The van der Waals surface area contributed by atoms with Gasteiger partial charge in [-0.1, -0.05) is 12.1 Å². The van der Waals surface area contributed by atoms with Crippen molar-refractivity contribution in [1.82, 2.24) is 0 Å². The molecule has 8 nitrogen and oxygen atoms in total. The van der Waals surface area contributed by atoms with Gasteiger partial charge in [0.2, 0.25) is 0 Å². The van der Waals surface area contributed by atoms with E-state index in [1.807, 2.05) is 31.2 Å². The van der Waals surface area contributed by atoms with Gasteiger partial charge in [0.05, 0.1) is 11.6 Å². The van der Waals surface area contributed by atoms with Crippen molar-refractivity contribution in [2.24, 2.45) is 0 Å². The first-order chi connectivity index (χ1) is 16.8. The van der Waals surface area contributed by atoms with E-state index in [-0.39, 0.29) is 23.8 Å². The van der Waals surface area contributed by atoms with Crippen molar-refractivity contribution in [3.05, 3.63) is 81.8 Å². The third-order valence-electron chi connectivity index (χ3n) is 4.70. The molecule has 0 saturated heterocycles. The lowest BCUT2D eigenvalue weighted by molar-refractivity contribution is -0.118. The molecule has 3 aromatic rings. The number of aromatic hydroxyl groups is 1. The molecule has 0 heterocycles. The monoisotopic (exact) mass is 535 g/mol. The molecule has 0 unspecified atom stereocenters. The van der Waals surface area contributed by atoms with Crippen LogP contribution in [-0.4, -0.2) is 30.6 Å². The Morgan fingerprint density at radius 2 is 1.83 bits per heavy atom. The number of nitrogens with zero attached hydrogens (tertiary/aromatic N) is 1. The number of aryl methyl sites for hydroxylation is 1. The number of halogens is 1. The summed E-state index contributed by atoms with van der Waals surface area (Å²) in [7, 11) is 1.44. The van der Waals surface area contributed by atoms with Gasteiger partial charge < -0.3 is 25.2 Å². The fourth-order valence-corrected chi connectivity index (χ4v) is 3.65. The maximum atomic E-state index is 12.5. The molecule has 0 bridgehead atoms. The molecule has 0 radical (unpaired) electrons. The number of methoxy groups -OCH3 is 1. The fourth-order valence-electron chi connectivity index (χ4n) is 3.08. The number of phenols is 1. The molecule has 0 atom stereocenters. The SMILES string of the molecule is COc1cc(/C=C(\C#N)C(=O)Nc2ccc(O)cc2)cc(Br)c1OCC(=O)Nc1cccc(C)c1. The molecule has 178 valence electrons. The van der Waals surface area contributed by atoms with Gasteiger partial charge in [-0.25, -0.2) is 0 Å². The van der Waals surface area contributed by atoms with E-state index in [1.165, 1.54) is 37.5 Å². The molecule has 0 aliphatic rings. The Bertz CT molecular complexity index is 1310. The van der Waals surface area contributed by atoms with Crippen molar-refractivity contribution in [2.75, 3.05) is 24.4 Å². The minimum Gasteiger partial charge on any atom is -0.508 e. The third-order valence-corrected chi connectivity index (χ3v) is 5.29. The van der Waals surface area contributed by atoms with Crippen LogP contribution in [0.4, 0.5) is 11.4 Å². The summed E-state index contributed by atoms with van der Waals surface area (Å²) in [5.41, 5.74) is 2.48. The topological polar surface area (TPSA) is 121 Å². The highest BCUT2D eigenvalue weighted by molar-refractivity contribution is 9.10. The van der Waals surface area contributed by atoms with Crippen LogP contribution in [-0.2, 0) is 9.59 Å². The zero-order valence-corrected chi connectivity index (χ0v) is 20.5. The molecular weight excluding hydrogens is 514 g/mol. The molecule has 0 aliphatic heterocycles. The lowest BCUT2D eigenvalue weighted by Crippen LogP contribution is -2.20. The van der Waals surface area contributed by atoms with Crippen molar-refractivity contribution >= 4 is 45.2 Å². The maximum absolute atomic E-state index is 12.5. The molecular formula is C26H22BrN3O5. The Balaban J connectivity index is 1.73. The van der Waals surface area contributed by atoms with Crippen LogP contribution in [0, 0.1) is 18.3 Å². The first-order valence-electron chi connectivity index (χ1n) is 10.4. The predicted octanol–water partition coefficient (Wildman–Crippen LogP) is 5.03. The van der Waals surface area contributed by atoms with Crippen molar-refractivity contribution in [1.29, 1.82) is 5.26 Å². The van der Waals surface area contributed by atoms with Crippen molar-refractivity contribution in [3.8, 4) is 23.3 Å².